The van der Waals surface area contributed by atoms with E-state index in [1.54, 1.807) is 18.2 Å². The van der Waals surface area contributed by atoms with E-state index in [2.05, 4.69) is 5.32 Å². The molecule has 0 radical (unpaired) electrons. The first-order valence-corrected chi connectivity index (χ1v) is 5.44. The second-order valence-corrected chi connectivity index (χ2v) is 4.22. The summed E-state index contributed by atoms with van der Waals surface area (Å²) in [7, 11) is 0. The van der Waals surface area contributed by atoms with Crippen molar-refractivity contribution < 1.29 is 9.59 Å². The van der Waals surface area contributed by atoms with Crippen LogP contribution < -0.4 is 5.32 Å². The summed E-state index contributed by atoms with van der Waals surface area (Å²) in [6.45, 7) is 1.47. The molecule has 1 N–H and O–H groups in total. The number of ketones is 1. The van der Waals surface area contributed by atoms with Crippen LogP contribution in [0.25, 0.3) is 0 Å². The van der Waals surface area contributed by atoms with Crippen LogP contribution in [-0.2, 0) is 16.0 Å². The van der Waals surface area contributed by atoms with Crippen molar-refractivity contribution in [3.05, 3.63) is 33.8 Å². The molecule has 1 rings (SSSR count). The highest BCUT2D eigenvalue weighted by Crippen LogP contribution is 2.22. The van der Waals surface area contributed by atoms with Gasteiger partial charge in [-0.3, -0.25) is 9.59 Å². The van der Waals surface area contributed by atoms with Crippen molar-refractivity contribution >= 4 is 34.9 Å². The molecule has 0 unspecified atom stereocenters. The lowest BCUT2D eigenvalue weighted by Gasteiger charge is -2.04. The van der Waals surface area contributed by atoms with E-state index in [1.165, 1.54) is 6.92 Å². The van der Waals surface area contributed by atoms with Crippen LogP contribution in [0.3, 0.4) is 0 Å². The SMILES string of the molecule is CC(=O)CNC(=O)Cc1ccc(Cl)c(Cl)c1. The molecular weight excluding hydrogens is 249 g/mol. The minimum Gasteiger partial charge on any atom is -0.349 e. The van der Waals surface area contributed by atoms with Gasteiger partial charge in [0.15, 0.2) is 0 Å². The zero-order chi connectivity index (χ0) is 12.1. The van der Waals surface area contributed by atoms with Gasteiger partial charge in [-0.25, -0.2) is 0 Å². The highest BCUT2D eigenvalue weighted by Gasteiger charge is 2.05. The van der Waals surface area contributed by atoms with Crippen LogP contribution in [0.5, 0.6) is 0 Å². The number of carbonyl (C=O) groups excluding carboxylic acids is 2. The molecule has 86 valence electrons. The van der Waals surface area contributed by atoms with Crippen LogP contribution in [0, 0.1) is 0 Å². The van der Waals surface area contributed by atoms with Crippen molar-refractivity contribution in [2.45, 2.75) is 13.3 Å². The first-order valence-electron chi connectivity index (χ1n) is 4.69. The molecule has 0 aliphatic carbocycles. The molecule has 1 amide bonds. The maximum Gasteiger partial charge on any atom is 0.224 e. The molecule has 16 heavy (non-hydrogen) atoms. The molecule has 3 nitrogen and oxygen atoms in total. The standard InChI is InChI=1S/C11H11Cl2NO2/c1-7(15)6-14-11(16)5-8-2-3-9(12)10(13)4-8/h2-4H,5-6H2,1H3,(H,14,16). The first-order chi connectivity index (χ1) is 7.49. The number of nitrogens with one attached hydrogen (secondary N) is 1. The van der Waals surface area contributed by atoms with E-state index in [4.69, 9.17) is 23.2 Å². The molecule has 5 heteroatoms. The lowest BCUT2D eigenvalue weighted by molar-refractivity contribution is -0.124. The second kappa shape index (κ2) is 5.87. The number of Topliss-reactive ketones (excluding diaryl/α,β-unsaturated/α-hetero) is 1. The Morgan fingerprint density at radius 1 is 1.25 bits per heavy atom. The molecule has 1 aromatic rings. The smallest absolute Gasteiger partial charge is 0.224 e. The molecule has 0 bridgehead atoms. The van der Waals surface area contributed by atoms with E-state index in [1.807, 2.05) is 0 Å². The largest absolute Gasteiger partial charge is 0.349 e. The maximum absolute atomic E-state index is 11.4. The van der Waals surface area contributed by atoms with Crippen LogP contribution in [-0.4, -0.2) is 18.2 Å². The fourth-order valence-electron chi connectivity index (χ4n) is 1.12. The molecule has 0 aromatic heterocycles. The van der Waals surface area contributed by atoms with Gasteiger partial charge in [0.25, 0.3) is 0 Å². The Balaban J connectivity index is 2.56. The summed E-state index contributed by atoms with van der Waals surface area (Å²) in [6, 6.07) is 5.00. The fourth-order valence-corrected chi connectivity index (χ4v) is 1.44. The maximum atomic E-state index is 11.4. The van der Waals surface area contributed by atoms with E-state index in [0.29, 0.717) is 10.0 Å². The van der Waals surface area contributed by atoms with Crippen molar-refractivity contribution in [3.63, 3.8) is 0 Å². The molecule has 0 aliphatic rings. The van der Waals surface area contributed by atoms with Crippen LogP contribution in [0.1, 0.15) is 12.5 Å². The Hall–Kier alpha value is -1.06. The van der Waals surface area contributed by atoms with Gasteiger partial charge in [0, 0.05) is 0 Å². The summed E-state index contributed by atoms with van der Waals surface area (Å²) in [5.74, 6) is -0.295. The normalized spacial score (nSPS) is 9.94. The van der Waals surface area contributed by atoms with Crippen LogP contribution >= 0.6 is 23.2 Å². The van der Waals surface area contributed by atoms with E-state index in [9.17, 15) is 9.59 Å². The Labute approximate surface area is 104 Å². The third kappa shape index (κ3) is 4.21. The average molecular weight is 260 g/mol. The van der Waals surface area contributed by atoms with Gasteiger partial charge < -0.3 is 5.32 Å². The molecule has 0 heterocycles. The van der Waals surface area contributed by atoms with Gasteiger partial charge in [-0.2, -0.15) is 0 Å². The van der Waals surface area contributed by atoms with Crippen LogP contribution in [0.15, 0.2) is 18.2 Å². The molecule has 0 saturated carbocycles. The van der Waals surface area contributed by atoms with Gasteiger partial charge in [0.2, 0.25) is 5.91 Å². The van der Waals surface area contributed by atoms with E-state index >= 15 is 0 Å². The Morgan fingerprint density at radius 3 is 2.50 bits per heavy atom. The minimum atomic E-state index is -0.214. The molecule has 0 saturated heterocycles. The van der Waals surface area contributed by atoms with Crippen molar-refractivity contribution in [2.24, 2.45) is 0 Å². The molecule has 0 spiro atoms. The molecule has 0 fully saturated rings. The number of benzene rings is 1. The summed E-state index contributed by atoms with van der Waals surface area (Å²) < 4.78 is 0. The van der Waals surface area contributed by atoms with Crippen molar-refractivity contribution in [2.75, 3.05) is 6.54 Å². The topological polar surface area (TPSA) is 46.2 Å². The van der Waals surface area contributed by atoms with E-state index < -0.39 is 0 Å². The van der Waals surface area contributed by atoms with E-state index in [-0.39, 0.29) is 24.7 Å². The monoisotopic (exact) mass is 259 g/mol. The highest BCUT2D eigenvalue weighted by atomic mass is 35.5. The van der Waals surface area contributed by atoms with Crippen LogP contribution in [0.2, 0.25) is 10.0 Å². The summed E-state index contributed by atoms with van der Waals surface area (Å²) >= 11 is 11.5. The summed E-state index contributed by atoms with van der Waals surface area (Å²) in [5.41, 5.74) is 0.760. The number of hydrogen-bond acceptors (Lipinski definition) is 2. The predicted octanol–water partition coefficient (Wildman–Crippen LogP) is 2.24. The van der Waals surface area contributed by atoms with Gasteiger partial charge in [-0.1, -0.05) is 29.3 Å². The zero-order valence-electron chi connectivity index (χ0n) is 8.72. The Kier molecular flexibility index (Phi) is 4.77. The number of halogens is 2. The highest BCUT2D eigenvalue weighted by molar-refractivity contribution is 6.42. The second-order valence-electron chi connectivity index (χ2n) is 3.40. The van der Waals surface area contributed by atoms with Gasteiger partial charge in [0.1, 0.15) is 5.78 Å². The lowest BCUT2D eigenvalue weighted by atomic mass is 10.1. The molecular formula is C11H11Cl2NO2. The van der Waals surface area contributed by atoms with Crippen LogP contribution in [0.4, 0.5) is 0 Å². The first kappa shape index (κ1) is 13.0. The number of rotatable bonds is 4. The fraction of sp³-hybridized carbons (Fsp3) is 0.273. The number of hydrogen-bond donors (Lipinski definition) is 1. The average Bonchev–Trinajstić information content (AvgIpc) is 2.21. The summed E-state index contributed by atoms with van der Waals surface area (Å²) in [6.07, 6.45) is 0.185. The van der Waals surface area contributed by atoms with E-state index in [0.717, 1.165) is 5.56 Å². The third-order valence-corrected chi connectivity index (χ3v) is 2.62. The number of carbonyl (C=O) groups is 2. The van der Waals surface area contributed by atoms with Gasteiger partial charge in [-0.15, -0.1) is 0 Å². The predicted molar refractivity (Wildman–Crippen MR) is 63.9 cm³/mol. The van der Waals surface area contributed by atoms with Crippen molar-refractivity contribution in [3.8, 4) is 0 Å². The van der Waals surface area contributed by atoms with Gasteiger partial charge in [-0.05, 0) is 24.6 Å². The lowest BCUT2D eigenvalue weighted by Crippen LogP contribution is -2.29. The Bertz CT molecular complexity index is 418. The minimum absolute atomic E-state index is 0.0557. The van der Waals surface area contributed by atoms with Crippen molar-refractivity contribution in [1.82, 2.24) is 5.32 Å². The molecule has 1 aromatic carbocycles. The summed E-state index contributed by atoms with van der Waals surface area (Å²) in [5, 5.41) is 3.37. The van der Waals surface area contributed by atoms with Crippen molar-refractivity contribution in [1.29, 1.82) is 0 Å². The zero-order valence-corrected chi connectivity index (χ0v) is 10.2. The summed E-state index contributed by atoms with van der Waals surface area (Å²) in [4.78, 5) is 22.0. The van der Waals surface area contributed by atoms with Gasteiger partial charge in [0.05, 0.1) is 23.0 Å². The number of amides is 1. The quantitative estimate of drug-likeness (QED) is 0.902. The Morgan fingerprint density at radius 2 is 1.94 bits per heavy atom. The molecule has 0 atom stereocenters. The molecule has 0 aliphatic heterocycles. The van der Waals surface area contributed by atoms with Gasteiger partial charge >= 0.3 is 0 Å². The third-order valence-electron chi connectivity index (χ3n) is 1.88.